The molecule has 0 fully saturated rings. The number of hydrogen-bond acceptors (Lipinski definition) is 3. The van der Waals surface area contributed by atoms with E-state index in [2.05, 4.69) is 12.2 Å². The van der Waals surface area contributed by atoms with Crippen LogP contribution in [-0.2, 0) is 13.0 Å². The van der Waals surface area contributed by atoms with E-state index >= 15 is 0 Å². The van der Waals surface area contributed by atoms with Crippen molar-refractivity contribution in [1.82, 2.24) is 0 Å². The molecule has 1 heterocycles. The van der Waals surface area contributed by atoms with E-state index in [1.165, 1.54) is 6.26 Å². The second kappa shape index (κ2) is 6.20. The Hall–Kier alpha value is -2.07. The standard InChI is InChI=1S/C15H18N2O2/c1-2-5-11-6-3-4-7-14(11)17-15(18)12-8-13(9-16)19-10-12/h3-4,6-8,10H,2,5,9,16H2,1H3,(H,17,18). The predicted octanol–water partition coefficient (Wildman–Crippen LogP) is 2.94. The fourth-order valence-corrected chi connectivity index (χ4v) is 1.93. The van der Waals surface area contributed by atoms with Crippen molar-refractivity contribution < 1.29 is 9.21 Å². The number of nitrogens with one attached hydrogen (secondary N) is 1. The first kappa shape index (κ1) is 13.4. The average Bonchev–Trinajstić information content (AvgIpc) is 2.90. The Balaban J connectivity index is 2.14. The number of benzene rings is 1. The predicted molar refractivity (Wildman–Crippen MR) is 75.0 cm³/mol. The minimum atomic E-state index is -0.174. The number of amides is 1. The van der Waals surface area contributed by atoms with Crippen molar-refractivity contribution in [3.8, 4) is 0 Å². The van der Waals surface area contributed by atoms with Crippen molar-refractivity contribution >= 4 is 11.6 Å². The van der Waals surface area contributed by atoms with Crippen LogP contribution in [0.2, 0.25) is 0 Å². The van der Waals surface area contributed by atoms with Crippen LogP contribution in [-0.4, -0.2) is 5.91 Å². The molecule has 3 N–H and O–H groups in total. The lowest BCUT2D eigenvalue weighted by Gasteiger charge is -2.09. The van der Waals surface area contributed by atoms with E-state index in [0.717, 1.165) is 24.1 Å². The van der Waals surface area contributed by atoms with Gasteiger partial charge in [-0.3, -0.25) is 4.79 Å². The molecule has 0 bridgehead atoms. The first-order valence-electron chi connectivity index (χ1n) is 6.41. The summed E-state index contributed by atoms with van der Waals surface area (Å²) in [5.41, 5.74) is 7.94. The van der Waals surface area contributed by atoms with Gasteiger partial charge in [0.1, 0.15) is 12.0 Å². The van der Waals surface area contributed by atoms with Gasteiger partial charge in [0.15, 0.2) is 0 Å². The van der Waals surface area contributed by atoms with E-state index < -0.39 is 0 Å². The number of furan rings is 1. The van der Waals surface area contributed by atoms with Gasteiger partial charge in [0.05, 0.1) is 12.1 Å². The maximum atomic E-state index is 12.1. The molecular weight excluding hydrogens is 240 g/mol. The van der Waals surface area contributed by atoms with Crippen molar-refractivity contribution in [2.24, 2.45) is 5.73 Å². The molecule has 4 nitrogen and oxygen atoms in total. The van der Waals surface area contributed by atoms with Crippen LogP contribution in [0.15, 0.2) is 41.0 Å². The highest BCUT2D eigenvalue weighted by Crippen LogP contribution is 2.18. The number of nitrogens with two attached hydrogens (primary N) is 1. The molecule has 0 saturated carbocycles. The normalized spacial score (nSPS) is 10.4. The van der Waals surface area contributed by atoms with E-state index in [-0.39, 0.29) is 5.91 Å². The zero-order valence-corrected chi connectivity index (χ0v) is 11.0. The van der Waals surface area contributed by atoms with Crippen LogP contribution in [0.3, 0.4) is 0 Å². The van der Waals surface area contributed by atoms with E-state index in [0.29, 0.717) is 17.9 Å². The summed E-state index contributed by atoms with van der Waals surface area (Å²) >= 11 is 0. The molecule has 0 radical (unpaired) electrons. The Morgan fingerprint density at radius 3 is 2.84 bits per heavy atom. The summed E-state index contributed by atoms with van der Waals surface area (Å²) in [6.07, 6.45) is 3.41. The Labute approximate surface area is 112 Å². The zero-order valence-electron chi connectivity index (χ0n) is 11.0. The Bertz CT molecular complexity index is 561. The Morgan fingerprint density at radius 1 is 1.37 bits per heavy atom. The summed E-state index contributed by atoms with van der Waals surface area (Å²) in [6, 6.07) is 9.49. The van der Waals surface area contributed by atoms with Crippen LogP contribution in [0.4, 0.5) is 5.69 Å². The van der Waals surface area contributed by atoms with Gasteiger partial charge in [0, 0.05) is 5.69 Å². The van der Waals surface area contributed by atoms with Crippen LogP contribution in [0.1, 0.15) is 35.0 Å². The monoisotopic (exact) mass is 258 g/mol. The van der Waals surface area contributed by atoms with E-state index in [1.807, 2.05) is 24.3 Å². The topological polar surface area (TPSA) is 68.3 Å². The second-order valence-electron chi connectivity index (χ2n) is 4.37. The summed E-state index contributed by atoms with van der Waals surface area (Å²) in [5.74, 6) is 0.430. The number of anilines is 1. The third-order valence-electron chi connectivity index (χ3n) is 2.90. The Kier molecular flexibility index (Phi) is 4.36. The summed E-state index contributed by atoms with van der Waals surface area (Å²) in [5, 5.41) is 2.91. The number of aryl methyl sites for hydroxylation is 1. The largest absolute Gasteiger partial charge is 0.467 e. The molecule has 4 heteroatoms. The maximum Gasteiger partial charge on any atom is 0.258 e. The van der Waals surface area contributed by atoms with Gasteiger partial charge in [-0.2, -0.15) is 0 Å². The molecule has 0 saturated heterocycles. The number of carbonyl (C=O) groups is 1. The molecule has 0 aliphatic rings. The molecule has 2 aromatic rings. The van der Waals surface area contributed by atoms with E-state index in [1.54, 1.807) is 6.07 Å². The molecule has 19 heavy (non-hydrogen) atoms. The lowest BCUT2D eigenvalue weighted by Crippen LogP contribution is -2.12. The highest BCUT2D eigenvalue weighted by Gasteiger charge is 2.11. The molecule has 0 atom stereocenters. The van der Waals surface area contributed by atoms with Gasteiger partial charge in [0.2, 0.25) is 0 Å². The quantitative estimate of drug-likeness (QED) is 0.866. The van der Waals surface area contributed by atoms with Gasteiger partial charge in [-0.25, -0.2) is 0 Å². The molecule has 1 amide bonds. The molecule has 1 aromatic carbocycles. The van der Waals surface area contributed by atoms with Crippen molar-refractivity contribution in [3.63, 3.8) is 0 Å². The first-order valence-corrected chi connectivity index (χ1v) is 6.41. The molecule has 0 spiro atoms. The van der Waals surface area contributed by atoms with E-state index in [4.69, 9.17) is 10.2 Å². The Morgan fingerprint density at radius 2 is 2.16 bits per heavy atom. The number of hydrogen-bond donors (Lipinski definition) is 2. The van der Waals surface area contributed by atoms with E-state index in [9.17, 15) is 4.79 Å². The zero-order chi connectivity index (χ0) is 13.7. The summed E-state index contributed by atoms with van der Waals surface area (Å²) in [4.78, 5) is 12.1. The van der Waals surface area contributed by atoms with Crippen molar-refractivity contribution in [2.45, 2.75) is 26.3 Å². The van der Waals surface area contributed by atoms with Gasteiger partial charge in [-0.15, -0.1) is 0 Å². The minimum absolute atomic E-state index is 0.174. The first-order chi connectivity index (χ1) is 9.24. The highest BCUT2D eigenvalue weighted by molar-refractivity contribution is 6.04. The third-order valence-corrected chi connectivity index (χ3v) is 2.90. The van der Waals surface area contributed by atoms with Gasteiger partial charge in [-0.05, 0) is 24.1 Å². The lowest BCUT2D eigenvalue weighted by atomic mass is 10.1. The molecular formula is C15H18N2O2. The van der Waals surface area contributed by atoms with Crippen LogP contribution < -0.4 is 11.1 Å². The van der Waals surface area contributed by atoms with Crippen molar-refractivity contribution in [3.05, 3.63) is 53.5 Å². The highest BCUT2D eigenvalue weighted by atomic mass is 16.3. The number of rotatable bonds is 5. The molecule has 2 rings (SSSR count). The summed E-state index contributed by atoms with van der Waals surface area (Å²) in [7, 11) is 0. The molecule has 0 aliphatic carbocycles. The average molecular weight is 258 g/mol. The SMILES string of the molecule is CCCc1ccccc1NC(=O)c1coc(CN)c1. The smallest absolute Gasteiger partial charge is 0.258 e. The third kappa shape index (κ3) is 3.23. The van der Waals surface area contributed by atoms with Crippen LogP contribution in [0.5, 0.6) is 0 Å². The molecule has 0 aliphatic heterocycles. The molecule has 100 valence electrons. The van der Waals surface area contributed by atoms with Crippen LogP contribution >= 0.6 is 0 Å². The van der Waals surface area contributed by atoms with Crippen LogP contribution in [0.25, 0.3) is 0 Å². The summed E-state index contributed by atoms with van der Waals surface area (Å²) < 4.78 is 5.16. The fourth-order valence-electron chi connectivity index (χ4n) is 1.93. The van der Waals surface area contributed by atoms with Crippen LogP contribution in [0, 0.1) is 0 Å². The maximum absolute atomic E-state index is 12.1. The number of carbonyl (C=O) groups excluding carboxylic acids is 1. The number of para-hydroxylation sites is 1. The van der Waals surface area contributed by atoms with Gasteiger partial charge >= 0.3 is 0 Å². The van der Waals surface area contributed by atoms with Gasteiger partial charge in [0.25, 0.3) is 5.91 Å². The van der Waals surface area contributed by atoms with Crippen molar-refractivity contribution in [2.75, 3.05) is 5.32 Å². The second-order valence-corrected chi connectivity index (χ2v) is 4.37. The van der Waals surface area contributed by atoms with Gasteiger partial charge in [-0.1, -0.05) is 31.5 Å². The fraction of sp³-hybridized carbons (Fsp3) is 0.267. The molecule has 0 unspecified atom stereocenters. The molecule has 1 aromatic heterocycles. The lowest BCUT2D eigenvalue weighted by molar-refractivity contribution is 0.102. The van der Waals surface area contributed by atoms with Gasteiger partial charge < -0.3 is 15.5 Å². The summed E-state index contributed by atoms with van der Waals surface area (Å²) in [6.45, 7) is 2.40. The van der Waals surface area contributed by atoms with Crippen molar-refractivity contribution in [1.29, 1.82) is 0 Å². The minimum Gasteiger partial charge on any atom is -0.467 e.